The number of fused-ring (bicyclic) bond motifs is 2. The van der Waals surface area contributed by atoms with Crippen LogP contribution in [0.5, 0.6) is 0 Å². The number of nitrogens with zero attached hydrogens (tertiary/aromatic N) is 1. The van der Waals surface area contributed by atoms with Crippen molar-refractivity contribution in [1.82, 2.24) is 20.3 Å². The lowest BCUT2D eigenvalue weighted by Crippen LogP contribution is -2.29. The third-order valence-corrected chi connectivity index (χ3v) is 7.57. The molecule has 0 spiro atoms. The van der Waals surface area contributed by atoms with Gasteiger partial charge in [0.2, 0.25) is 0 Å². The van der Waals surface area contributed by atoms with Gasteiger partial charge in [0.25, 0.3) is 5.91 Å². The van der Waals surface area contributed by atoms with Gasteiger partial charge >= 0.3 is 0 Å². The molecule has 1 unspecified atom stereocenters. The van der Waals surface area contributed by atoms with Crippen LogP contribution < -0.4 is 5.48 Å². The van der Waals surface area contributed by atoms with Crippen LogP contribution in [0.3, 0.4) is 0 Å². The van der Waals surface area contributed by atoms with Gasteiger partial charge in [0.15, 0.2) is 0 Å². The summed E-state index contributed by atoms with van der Waals surface area (Å²) in [5.74, 6) is -0.548. The maximum absolute atomic E-state index is 11.3. The van der Waals surface area contributed by atoms with Crippen molar-refractivity contribution in [2.24, 2.45) is 0 Å². The summed E-state index contributed by atoms with van der Waals surface area (Å²) in [6, 6.07) is 14.9. The number of aromatic nitrogens is 2. The Hall–Kier alpha value is -3.03. The van der Waals surface area contributed by atoms with E-state index in [1.54, 1.807) is 17.8 Å². The molecule has 0 fully saturated rings. The molecule has 0 saturated heterocycles. The Balaban J connectivity index is 1.40. The van der Waals surface area contributed by atoms with E-state index >= 15 is 0 Å². The smallest absolute Gasteiger partial charge is 0.267 e. The number of hydrogen-bond acceptors (Lipinski definition) is 3. The second-order valence-corrected chi connectivity index (χ2v) is 9.62. The van der Waals surface area contributed by atoms with Crippen LogP contribution >= 0.6 is 23.2 Å². The van der Waals surface area contributed by atoms with Crippen LogP contribution in [0.15, 0.2) is 60.9 Å². The highest BCUT2D eigenvalue weighted by atomic mass is 35.5. The van der Waals surface area contributed by atoms with Gasteiger partial charge in [-0.05, 0) is 53.7 Å². The molecule has 2 heterocycles. The first kappa shape index (κ1) is 23.7. The van der Waals surface area contributed by atoms with Crippen molar-refractivity contribution in [3.05, 3.63) is 98.9 Å². The summed E-state index contributed by atoms with van der Waals surface area (Å²) in [5, 5.41) is 11.1. The Morgan fingerprint density at radius 2 is 2.03 bits per heavy atom. The van der Waals surface area contributed by atoms with Gasteiger partial charge in [-0.25, -0.2) is 5.48 Å². The van der Waals surface area contributed by atoms with Crippen molar-refractivity contribution in [3.63, 3.8) is 0 Å². The number of carbonyl (C=O) groups excluding carboxylic acids is 1. The average molecular weight is 509 g/mol. The SMILES string of the molecule is O=C(C=Cc1ccc2c(c1)CCC2N(CCc1c[nH]c2ccccc12)Cc1[nH]cc(Cl)c1Cl)NO. The highest BCUT2D eigenvalue weighted by Gasteiger charge is 2.29. The molecular formula is C27H26Cl2N4O2. The molecule has 6 nitrogen and oxygen atoms in total. The van der Waals surface area contributed by atoms with Gasteiger partial charge in [-0.15, -0.1) is 0 Å². The van der Waals surface area contributed by atoms with Crippen LogP contribution in [-0.2, 0) is 24.2 Å². The van der Waals surface area contributed by atoms with E-state index in [2.05, 4.69) is 51.4 Å². The molecule has 5 rings (SSSR count). The number of hydrogen-bond donors (Lipinski definition) is 4. The summed E-state index contributed by atoms with van der Waals surface area (Å²) in [6.45, 7) is 1.52. The summed E-state index contributed by atoms with van der Waals surface area (Å²) in [4.78, 5) is 20.4. The molecule has 4 N–H and O–H groups in total. The van der Waals surface area contributed by atoms with E-state index in [1.165, 1.54) is 28.2 Å². The Kier molecular flexibility index (Phi) is 6.97. The Labute approximate surface area is 213 Å². The number of carbonyl (C=O) groups is 1. The summed E-state index contributed by atoms with van der Waals surface area (Å²) < 4.78 is 0. The molecule has 2 aromatic heterocycles. The minimum absolute atomic E-state index is 0.243. The molecule has 2 aromatic carbocycles. The standard InChI is InChI=1S/C27H26Cl2N4O2/c28-22-15-31-24(27(22)29)16-33(12-11-19-14-30-23-4-2-1-3-20(19)23)25-9-7-18-13-17(5-8-21(18)25)6-10-26(34)32-35/h1-6,8,10,13-15,25,30-31,35H,7,9,11-12,16H2,(H,32,34). The number of benzene rings is 2. The van der Waals surface area contributed by atoms with E-state index in [0.717, 1.165) is 42.6 Å². The zero-order valence-electron chi connectivity index (χ0n) is 19.0. The van der Waals surface area contributed by atoms with E-state index in [0.29, 0.717) is 16.6 Å². The second-order valence-electron chi connectivity index (χ2n) is 8.83. The lowest BCUT2D eigenvalue weighted by molar-refractivity contribution is -0.124. The van der Waals surface area contributed by atoms with Gasteiger partial charge in [-0.2, -0.15) is 0 Å². The number of rotatable bonds is 8. The normalized spacial score (nSPS) is 15.4. The topological polar surface area (TPSA) is 84.2 Å². The molecule has 1 aliphatic carbocycles. The van der Waals surface area contributed by atoms with Gasteiger partial charge < -0.3 is 9.97 Å². The molecule has 1 amide bonds. The van der Waals surface area contributed by atoms with Gasteiger partial charge in [0.1, 0.15) is 0 Å². The van der Waals surface area contributed by atoms with E-state index in [1.807, 2.05) is 12.1 Å². The maximum Gasteiger partial charge on any atom is 0.267 e. The third-order valence-electron chi connectivity index (χ3n) is 6.74. The zero-order chi connectivity index (χ0) is 24.4. The molecule has 4 aromatic rings. The molecule has 8 heteroatoms. The largest absolute Gasteiger partial charge is 0.361 e. The Bertz CT molecular complexity index is 1390. The third kappa shape index (κ3) is 5.02. The zero-order valence-corrected chi connectivity index (χ0v) is 20.5. The van der Waals surface area contributed by atoms with Crippen molar-refractivity contribution in [3.8, 4) is 0 Å². The Morgan fingerprint density at radius 1 is 1.17 bits per heavy atom. The predicted molar refractivity (Wildman–Crippen MR) is 140 cm³/mol. The summed E-state index contributed by atoms with van der Waals surface area (Å²) >= 11 is 12.7. The first-order valence-electron chi connectivity index (χ1n) is 11.6. The molecule has 35 heavy (non-hydrogen) atoms. The van der Waals surface area contributed by atoms with Crippen LogP contribution in [0.25, 0.3) is 17.0 Å². The first-order chi connectivity index (χ1) is 17.0. The minimum Gasteiger partial charge on any atom is -0.361 e. The average Bonchev–Trinajstić information content (AvgIpc) is 3.58. The second kappa shape index (κ2) is 10.3. The number of para-hydroxylation sites is 1. The fourth-order valence-electron chi connectivity index (χ4n) is 4.99. The number of halogens is 2. The number of H-pyrrole nitrogens is 2. The van der Waals surface area contributed by atoms with Gasteiger partial charge in [-0.3, -0.25) is 14.9 Å². The monoisotopic (exact) mass is 508 g/mol. The van der Waals surface area contributed by atoms with Crippen LogP contribution in [0.2, 0.25) is 10.0 Å². The van der Waals surface area contributed by atoms with Gasteiger partial charge in [0.05, 0.1) is 10.0 Å². The van der Waals surface area contributed by atoms with Gasteiger partial charge in [-0.1, -0.05) is 59.6 Å². The first-order valence-corrected chi connectivity index (χ1v) is 12.3. The highest BCUT2D eigenvalue weighted by molar-refractivity contribution is 6.42. The molecule has 0 aliphatic heterocycles. The predicted octanol–water partition coefficient (Wildman–Crippen LogP) is 6.05. The fraction of sp³-hybridized carbons (Fsp3) is 0.222. The summed E-state index contributed by atoms with van der Waals surface area (Å²) in [5.41, 5.74) is 8.47. The number of aromatic amines is 2. The summed E-state index contributed by atoms with van der Waals surface area (Å²) in [7, 11) is 0. The minimum atomic E-state index is -0.548. The van der Waals surface area contributed by atoms with Gasteiger partial charge in [0, 0.05) is 54.2 Å². The van der Waals surface area contributed by atoms with Crippen molar-refractivity contribution in [1.29, 1.82) is 0 Å². The molecule has 1 aliphatic rings. The number of aryl methyl sites for hydroxylation is 1. The number of amides is 1. The van der Waals surface area contributed by atoms with Crippen molar-refractivity contribution < 1.29 is 10.0 Å². The molecular weight excluding hydrogens is 483 g/mol. The van der Waals surface area contributed by atoms with E-state index < -0.39 is 5.91 Å². The van der Waals surface area contributed by atoms with E-state index in [4.69, 9.17) is 28.4 Å². The Morgan fingerprint density at radius 3 is 2.83 bits per heavy atom. The van der Waals surface area contributed by atoms with E-state index in [-0.39, 0.29) is 6.04 Å². The van der Waals surface area contributed by atoms with Crippen molar-refractivity contribution >= 4 is 46.1 Å². The van der Waals surface area contributed by atoms with Crippen LogP contribution in [0, 0.1) is 0 Å². The van der Waals surface area contributed by atoms with E-state index in [9.17, 15) is 4.79 Å². The maximum atomic E-state index is 11.3. The molecule has 0 radical (unpaired) electrons. The molecule has 180 valence electrons. The lowest BCUT2D eigenvalue weighted by Gasteiger charge is -2.29. The van der Waals surface area contributed by atoms with Crippen molar-refractivity contribution in [2.45, 2.75) is 31.8 Å². The lowest BCUT2D eigenvalue weighted by atomic mass is 10.0. The quantitative estimate of drug-likeness (QED) is 0.133. The fourth-order valence-corrected chi connectivity index (χ4v) is 5.33. The highest BCUT2D eigenvalue weighted by Crippen LogP contribution is 2.38. The van der Waals surface area contributed by atoms with Crippen LogP contribution in [-0.4, -0.2) is 32.5 Å². The summed E-state index contributed by atoms with van der Waals surface area (Å²) in [6.07, 6.45) is 9.72. The number of hydroxylamine groups is 1. The number of nitrogens with one attached hydrogen (secondary N) is 3. The van der Waals surface area contributed by atoms with Crippen molar-refractivity contribution in [2.75, 3.05) is 6.54 Å². The molecule has 1 atom stereocenters. The molecule has 0 saturated carbocycles. The molecule has 0 bridgehead atoms. The van der Waals surface area contributed by atoms with Crippen LogP contribution in [0.4, 0.5) is 0 Å². The van der Waals surface area contributed by atoms with Crippen LogP contribution in [0.1, 0.15) is 40.4 Å².